The predicted octanol–water partition coefficient (Wildman–Crippen LogP) is 5.81. The lowest BCUT2D eigenvalue weighted by Crippen LogP contribution is -2.27. The molecule has 0 bridgehead atoms. The van der Waals surface area contributed by atoms with E-state index in [0.29, 0.717) is 23.0 Å². The van der Waals surface area contributed by atoms with Crippen LogP contribution in [-0.2, 0) is 11.3 Å². The summed E-state index contributed by atoms with van der Waals surface area (Å²) >= 11 is 0.963. The first kappa shape index (κ1) is 22.0. The van der Waals surface area contributed by atoms with Crippen LogP contribution >= 0.6 is 11.8 Å². The minimum Gasteiger partial charge on any atom is -0.490 e. The van der Waals surface area contributed by atoms with E-state index in [1.165, 1.54) is 4.90 Å². The first-order valence-electron chi connectivity index (χ1n) is 10.2. The maximum absolute atomic E-state index is 12.8. The third-order valence-electron chi connectivity index (χ3n) is 4.80. The van der Waals surface area contributed by atoms with Crippen molar-refractivity contribution < 1.29 is 19.1 Å². The highest BCUT2D eigenvalue weighted by Gasteiger charge is 2.35. The Morgan fingerprint density at radius 3 is 2.47 bits per heavy atom. The van der Waals surface area contributed by atoms with E-state index < -0.39 is 0 Å². The molecule has 6 heteroatoms. The third kappa shape index (κ3) is 5.25. The molecule has 1 atom stereocenters. The molecule has 0 saturated carbocycles. The van der Waals surface area contributed by atoms with E-state index >= 15 is 0 Å². The number of carbonyl (C=O) groups is 2. The van der Waals surface area contributed by atoms with Crippen LogP contribution in [0.3, 0.4) is 0 Å². The van der Waals surface area contributed by atoms with Crippen molar-refractivity contribution in [2.45, 2.75) is 46.8 Å². The molecule has 1 aliphatic heterocycles. The van der Waals surface area contributed by atoms with Gasteiger partial charge in [-0.25, -0.2) is 0 Å². The number of aryl methyl sites for hydroxylation is 1. The molecule has 30 heavy (non-hydrogen) atoms. The van der Waals surface area contributed by atoms with Gasteiger partial charge in [0, 0.05) is 0 Å². The monoisotopic (exact) mass is 425 g/mol. The second-order valence-electron chi connectivity index (χ2n) is 7.23. The Labute approximate surface area is 182 Å². The van der Waals surface area contributed by atoms with Crippen LogP contribution in [0.5, 0.6) is 11.5 Å². The summed E-state index contributed by atoms with van der Waals surface area (Å²) in [5.74, 6) is 1.03. The molecule has 2 amide bonds. The number of amides is 2. The average molecular weight is 426 g/mol. The molecule has 5 nitrogen and oxygen atoms in total. The number of carbonyl (C=O) groups excluding carboxylic acids is 2. The highest BCUT2D eigenvalue weighted by molar-refractivity contribution is 8.18. The van der Waals surface area contributed by atoms with Crippen molar-refractivity contribution in [2.24, 2.45) is 0 Å². The lowest BCUT2D eigenvalue weighted by atomic mass is 10.1. The molecule has 2 aromatic carbocycles. The van der Waals surface area contributed by atoms with Crippen molar-refractivity contribution in [3.8, 4) is 11.5 Å². The van der Waals surface area contributed by atoms with Gasteiger partial charge in [-0.2, -0.15) is 0 Å². The minimum absolute atomic E-state index is 0.0772. The van der Waals surface area contributed by atoms with Crippen LogP contribution in [0.1, 0.15) is 43.9 Å². The molecule has 0 radical (unpaired) electrons. The van der Waals surface area contributed by atoms with Gasteiger partial charge < -0.3 is 9.47 Å². The van der Waals surface area contributed by atoms with Gasteiger partial charge in [0.15, 0.2) is 11.5 Å². The van der Waals surface area contributed by atoms with Gasteiger partial charge in [0.25, 0.3) is 11.1 Å². The average Bonchev–Trinajstić information content (AvgIpc) is 2.99. The topological polar surface area (TPSA) is 55.8 Å². The zero-order valence-corrected chi connectivity index (χ0v) is 18.6. The Balaban J connectivity index is 1.80. The smallest absolute Gasteiger partial charge is 0.293 e. The van der Waals surface area contributed by atoms with E-state index in [9.17, 15) is 9.59 Å². The summed E-state index contributed by atoms with van der Waals surface area (Å²) < 4.78 is 11.6. The van der Waals surface area contributed by atoms with Crippen LogP contribution in [0.25, 0.3) is 6.08 Å². The van der Waals surface area contributed by atoms with Gasteiger partial charge in [-0.15, -0.1) is 0 Å². The zero-order valence-electron chi connectivity index (χ0n) is 17.8. The van der Waals surface area contributed by atoms with E-state index in [2.05, 4.69) is 6.92 Å². The molecule has 0 unspecified atom stereocenters. The van der Waals surface area contributed by atoms with E-state index in [1.54, 1.807) is 6.08 Å². The van der Waals surface area contributed by atoms with Crippen molar-refractivity contribution in [1.82, 2.24) is 4.90 Å². The first-order chi connectivity index (χ1) is 14.4. The Kier molecular flexibility index (Phi) is 7.21. The standard InChI is InChI=1S/C24H27NO4S/c1-5-17(4)29-20-12-11-19(13-21(20)28-6-2)14-22-23(26)25(24(27)30-22)15-18-9-7-16(3)8-10-18/h7-14,17H,5-6,15H2,1-4H3/b22-14+/t17-/m0/s1. The predicted molar refractivity (Wildman–Crippen MR) is 121 cm³/mol. The molecule has 0 spiro atoms. The van der Waals surface area contributed by atoms with Gasteiger partial charge in [-0.05, 0) is 68.3 Å². The Morgan fingerprint density at radius 1 is 1.07 bits per heavy atom. The van der Waals surface area contributed by atoms with Crippen molar-refractivity contribution in [2.75, 3.05) is 6.61 Å². The van der Waals surface area contributed by atoms with Crippen LogP contribution in [0, 0.1) is 6.92 Å². The number of benzene rings is 2. The number of thioether (sulfide) groups is 1. The minimum atomic E-state index is -0.275. The second-order valence-corrected chi connectivity index (χ2v) is 8.22. The number of nitrogens with zero attached hydrogens (tertiary/aromatic N) is 1. The summed E-state index contributed by atoms with van der Waals surface area (Å²) in [7, 11) is 0. The molecule has 0 aromatic heterocycles. The van der Waals surface area contributed by atoms with E-state index in [-0.39, 0.29) is 23.8 Å². The molecular formula is C24H27NO4S. The van der Waals surface area contributed by atoms with Crippen molar-refractivity contribution in [1.29, 1.82) is 0 Å². The van der Waals surface area contributed by atoms with Crippen LogP contribution in [-0.4, -0.2) is 28.8 Å². The molecule has 2 aromatic rings. The fraction of sp³-hybridized carbons (Fsp3) is 0.333. The Hall–Kier alpha value is -2.73. The largest absolute Gasteiger partial charge is 0.490 e. The van der Waals surface area contributed by atoms with Gasteiger partial charge in [0.1, 0.15) is 0 Å². The summed E-state index contributed by atoms with van der Waals surface area (Å²) in [5.41, 5.74) is 2.85. The van der Waals surface area contributed by atoms with Crippen molar-refractivity contribution in [3.63, 3.8) is 0 Å². The number of hydrogen-bond donors (Lipinski definition) is 0. The van der Waals surface area contributed by atoms with Crippen LogP contribution < -0.4 is 9.47 Å². The number of hydrogen-bond acceptors (Lipinski definition) is 5. The summed E-state index contributed by atoms with van der Waals surface area (Å²) in [5, 5.41) is -0.256. The van der Waals surface area contributed by atoms with E-state index in [0.717, 1.165) is 34.9 Å². The fourth-order valence-electron chi connectivity index (χ4n) is 2.94. The first-order valence-corrected chi connectivity index (χ1v) is 11.0. The molecule has 0 N–H and O–H groups in total. The van der Waals surface area contributed by atoms with Gasteiger partial charge in [-0.3, -0.25) is 14.5 Å². The second kappa shape index (κ2) is 9.85. The van der Waals surface area contributed by atoms with Crippen LogP contribution in [0.15, 0.2) is 47.4 Å². The summed E-state index contributed by atoms with van der Waals surface area (Å²) in [6, 6.07) is 13.4. The summed E-state index contributed by atoms with van der Waals surface area (Å²) in [6.07, 6.45) is 2.70. The fourth-order valence-corrected chi connectivity index (χ4v) is 3.78. The highest BCUT2D eigenvalue weighted by atomic mass is 32.2. The zero-order chi connectivity index (χ0) is 21.7. The van der Waals surface area contributed by atoms with Gasteiger partial charge >= 0.3 is 0 Å². The molecule has 158 valence electrons. The number of imide groups is 1. The van der Waals surface area contributed by atoms with Gasteiger partial charge in [0.05, 0.1) is 24.2 Å². The molecule has 1 fully saturated rings. The van der Waals surface area contributed by atoms with Crippen molar-refractivity contribution >= 4 is 29.0 Å². The summed E-state index contributed by atoms with van der Waals surface area (Å²) in [4.78, 5) is 26.9. The molecular weight excluding hydrogens is 398 g/mol. The lowest BCUT2D eigenvalue weighted by Gasteiger charge is -2.16. The van der Waals surface area contributed by atoms with E-state index in [1.807, 2.05) is 63.2 Å². The quantitative estimate of drug-likeness (QED) is 0.500. The maximum atomic E-state index is 12.8. The molecule has 1 aliphatic rings. The summed E-state index contributed by atoms with van der Waals surface area (Å²) in [6.45, 7) is 8.76. The normalized spacial score (nSPS) is 16.3. The van der Waals surface area contributed by atoms with Crippen LogP contribution in [0.4, 0.5) is 4.79 Å². The lowest BCUT2D eigenvalue weighted by molar-refractivity contribution is -0.123. The molecule has 1 heterocycles. The number of rotatable bonds is 8. The molecule has 0 aliphatic carbocycles. The maximum Gasteiger partial charge on any atom is 0.293 e. The van der Waals surface area contributed by atoms with Gasteiger partial charge in [0.2, 0.25) is 0 Å². The number of ether oxygens (including phenoxy) is 2. The van der Waals surface area contributed by atoms with Gasteiger partial charge in [-0.1, -0.05) is 42.8 Å². The van der Waals surface area contributed by atoms with Crippen molar-refractivity contribution in [3.05, 3.63) is 64.1 Å². The molecule has 3 rings (SSSR count). The highest BCUT2D eigenvalue weighted by Crippen LogP contribution is 2.35. The van der Waals surface area contributed by atoms with E-state index in [4.69, 9.17) is 9.47 Å². The Morgan fingerprint density at radius 2 is 1.80 bits per heavy atom. The SMILES string of the molecule is CCOc1cc(/C=C2/SC(=O)N(Cc3ccc(C)cc3)C2=O)ccc1O[C@@H](C)CC. The van der Waals surface area contributed by atoms with Crippen LogP contribution in [0.2, 0.25) is 0 Å². The third-order valence-corrected chi connectivity index (χ3v) is 5.71. The Bertz CT molecular complexity index is 952. The molecule has 1 saturated heterocycles.